The first-order valence-electron chi connectivity index (χ1n) is 10.7. The van der Waals surface area contributed by atoms with E-state index in [1.165, 1.54) is 44.5 Å². The summed E-state index contributed by atoms with van der Waals surface area (Å²) in [7, 11) is 0. The molecule has 29 heavy (non-hydrogen) atoms. The summed E-state index contributed by atoms with van der Waals surface area (Å²) in [4.78, 5) is 0. The van der Waals surface area contributed by atoms with Crippen molar-refractivity contribution in [3.05, 3.63) is 106 Å². The number of hydrogen-bond donors (Lipinski definition) is 0. The Balaban J connectivity index is 1.94. The molecule has 0 atom stereocenters. The fourth-order valence-corrected chi connectivity index (χ4v) is 4.72. The molecule has 0 heterocycles. The minimum absolute atomic E-state index is 0.0411. The summed E-state index contributed by atoms with van der Waals surface area (Å²) in [5, 5.41) is 0. The van der Waals surface area contributed by atoms with Crippen molar-refractivity contribution in [2.75, 3.05) is 0 Å². The summed E-state index contributed by atoms with van der Waals surface area (Å²) < 4.78 is 0. The molecule has 0 aromatic heterocycles. The average Bonchev–Trinajstić information content (AvgIpc) is 3.01. The third kappa shape index (κ3) is 3.49. The van der Waals surface area contributed by atoms with Gasteiger partial charge in [-0.2, -0.15) is 0 Å². The SMILES string of the molecule is CCC1(CC)/C(=C/c2ccc(C)cc2)c2ccccc2/C1=C/c1ccc(C)cc1. The quantitative estimate of drug-likeness (QED) is 0.429. The monoisotopic (exact) mass is 378 g/mol. The molecule has 3 aromatic rings. The lowest BCUT2D eigenvalue weighted by atomic mass is 9.72. The van der Waals surface area contributed by atoms with Crippen LogP contribution in [0.3, 0.4) is 0 Å². The molecule has 0 fully saturated rings. The van der Waals surface area contributed by atoms with E-state index in [4.69, 9.17) is 0 Å². The van der Waals surface area contributed by atoms with Gasteiger partial charge in [0, 0.05) is 5.41 Å². The second kappa shape index (κ2) is 7.87. The lowest BCUT2D eigenvalue weighted by Gasteiger charge is -2.31. The van der Waals surface area contributed by atoms with Crippen LogP contribution in [0.15, 0.2) is 72.8 Å². The van der Waals surface area contributed by atoms with Crippen molar-refractivity contribution in [2.45, 2.75) is 40.5 Å². The van der Waals surface area contributed by atoms with E-state index < -0.39 is 0 Å². The van der Waals surface area contributed by atoms with Crippen LogP contribution in [0.2, 0.25) is 0 Å². The number of fused-ring (bicyclic) bond motifs is 1. The largest absolute Gasteiger partial charge is 0.0642 e. The second-order valence-corrected chi connectivity index (χ2v) is 8.27. The highest BCUT2D eigenvalue weighted by Crippen LogP contribution is 2.59. The van der Waals surface area contributed by atoms with Crippen molar-refractivity contribution in [1.82, 2.24) is 0 Å². The number of rotatable bonds is 4. The first kappa shape index (κ1) is 19.5. The standard InChI is InChI=1S/C29H30/c1-5-29(6-2)27(19-23-15-11-21(3)12-16-23)25-9-7-8-10-26(25)28(29)20-24-17-13-22(4)14-18-24/h7-20H,5-6H2,1-4H3/b27-19-,28-20+. The molecule has 0 aliphatic heterocycles. The Morgan fingerprint density at radius 3 is 1.31 bits per heavy atom. The normalized spacial score (nSPS) is 17.7. The van der Waals surface area contributed by atoms with Gasteiger partial charge in [-0.3, -0.25) is 0 Å². The maximum atomic E-state index is 2.42. The van der Waals surface area contributed by atoms with E-state index in [0.29, 0.717) is 0 Å². The Morgan fingerprint density at radius 2 is 0.966 bits per heavy atom. The van der Waals surface area contributed by atoms with E-state index in [-0.39, 0.29) is 5.41 Å². The molecule has 0 amide bonds. The number of hydrogen-bond acceptors (Lipinski definition) is 0. The van der Waals surface area contributed by atoms with Crippen LogP contribution in [0.4, 0.5) is 0 Å². The van der Waals surface area contributed by atoms with Gasteiger partial charge in [0.1, 0.15) is 0 Å². The minimum Gasteiger partial charge on any atom is -0.0642 e. The Hall–Kier alpha value is -2.86. The van der Waals surface area contributed by atoms with Crippen LogP contribution in [0, 0.1) is 19.3 Å². The summed E-state index contributed by atoms with van der Waals surface area (Å²) in [6.07, 6.45) is 7.02. The summed E-state index contributed by atoms with van der Waals surface area (Å²) in [6, 6.07) is 26.7. The van der Waals surface area contributed by atoms with Gasteiger partial charge in [-0.05, 0) is 60.1 Å². The van der Waals surface area contributed by atoms with E-state index in [2.05, 4.69) is 113 Å². The molecule has 0 N–H and O–H groups in total. The fraction of sp³-hybridized carbons (Fsp3) is 0.241. The molecule has 1 aliphatic carbocycles. The highest BCUT2D eigenvalue weighted by atomic mass is 14.5. The highest BCUT2D eigenvalue weighted by Gasteiger charge is 2.43. The molecule has 0 heteroatoms. The summed E-state index contributed by atoms with van der Waals surface area (Å²) in [6.45, 7) is 8.96. The van der Waals surface area contributed by atoms with Gasteiger partial charge in [0.05, 0.1) is 0 Å². The average molecular weight is 379 g/mol. The van der Waals surface area contributed by atoms with Gasteiger partial charge in [-0.25, -0.2) is 0 Å². The molecule has 0 spiro atoms. The van der Waals surface area contributed by atoms with Gasteiger partial charge in [0.2, 0.25) is 0 Å². The van der Waals surface area contributed by atoms with Gasteiger partial charge in [0.25, 0.3) is 0 Å². The lowest BCUT2D eigenvalue weighted by molar-refractivity contribution is 0.506. The summed E-state index contributed by atoms with van der Waals surface area (Å²) >= 11 is 0. The van der Waals surface area contributed by atoms with Crippen molar-refractivity contribution in [2.24, 2.45) is 5.41 Å². The third-order valence-electron chi connectivity index (χ3n) is 6.52. The molecule has 3 aromatic carbocycles. The molecule has 0 saturated heterocycles. The van der Waals surface area contributed by atoms with Crippen LogP contribution in [0.1, 0.15) is 60.1 Å². The number of aryl methyl sites for hydroxylation is 2. The van der Waals surface area contributed by atoms with Crippen LogP contribution in [-0.2, 0) is 0 Å². The van der Waals surface area contributed by atoms with Crippen molar-refractivity contribution in [1.29, 1.82) is 0 Å². The highest BCUT2D eigenvalue weighted by molar-refractivity contribution is 6.07. The number of benzene rings is 3. The van der Waals surface area contributed by atoms with E-state index in [9.17, 15) is 0 Å². The first-order valence-corrected chi connectivity index (χ1v) is 10.7. The molecule has 1 aliphatic rings. The molecule has 0 nitrogen and oxygen atoms in total. The van der Waals surface area contributed by atoms with Gasteiger partial charge < -0.3 is 0 Å². The van der Waals surface area contributed by atoms with Gasteiger partial charge >= 0.3 is 0 Å². The van der Waals surface area contributed by atoms with E-state index in [1.54, 1.807) is 0 Å². The molecule has 0 unspecified atom stereocenters. The molecule has 146 valence electrons. The minimum atomic E-state index is 0.0411. The van der Waals surface area contributed by atoms with Crippen LogP contribution >= 0.6 is 0 Å². The van der Waals surface area contributed by atoms with Crippen molar-refractivity contribution < 1.29 is 0 Å². The number of allylic oxidation sites excluding steroid dienone is 2. The van der Waals surface area contributed by atoms with E-state index in [0.717, 1.165) is 12.8 Å². The van der Waals surface area contributed by atoms with Crippen LogP contribution in [-0.4, -0.2) is 0 Å². The topological polar surface area (TPSA) is 0 Å². The summed E-state index contributed by atoms with van der Waals surface area (Å²) in [5.41, 5.74) is 10.9. The molecular weight excluding hydrogens is 348 g/mol. The Labute approximate surface area is 175 Å². The zero-order valence-electron chi connectivity index (χ0n) is 18.0. The van der Waals surface area contributed by atoms with Crippen molar-refractivity contribution in [3.63, 3.8) is 0 Å². The molecule has 0 saturated carbocycles. The second-order valence-electron chi connectivity index (χ2n) is 8.27. The Morgan fingerprint density at radius 1 is 0.586 bits per heavy atom. The first-order chi connectivity index (χ1) is 14.1. The van der Waals surface area contributed by atoms with Crippen LogP contribution < -0.4 is 0 Å². The smallest absolute Gasteiger partial charge is 0.0210 e. The van der Waals surface area contributed by atoms with Crippen molar-refractivity contribution >= 4 is 23.3 Å². The van der Waals surface area contributed by atoms with E-state index >= 15 is 0 Å². The molecule has 0 radical (unpaired) electrons. The predicted octanol–water partition coefficient (Wildman–Crippen LogP) is 8.20. The maximum absolute atomic E-state index is 2.42. The Bertz CT molecular complexity index is 971. The van der Waals surface area contributed by atoms with Crippen LogP contribution in [0.5, 0.6) is 0 Å². The third-order valence-corrected chi connectivity index (χ3v) is 6.52. The molecular formula is C29H30. The van der Waals surface area contributed by atoms with Gasteiger partial charge in [-0.15, -0.1) is 0 Å². The van der Waals surface area contributed by atoms with Gasteiger partial charge in [-0.1, -0.05) is 110 Å². The zero-order valence-corrected chi connectivity index (χ0v) is 18.0. The molecule has 4 rings (SSSR count). The predicted molar refractivity (Wildman–Crippen MR) is 128 cm³/mol. The molecule has 0 bridgehead atoms. The maximum Gasteiger partial charge on any atom is 0.0210 e. The lowest BCUT2D eigenvalue weighted by Crippen LogP contribution is -2.17. The van der Waals surface area contributed by atoms with Gasteiger partial charge in [0.15, 0.2) is 0 Å². The zero-order chi connectivity index (χ0) is 20.4. The van der Waals surface area contributed by atoms with Crippen molar-refractivity contribution in [3.8, 4) is 0 Å². The van der Waals surface area contributed by atoms with E-state index in [1.807, 2.05) is 0 Å². The summed E-state index contributed by atoms with van der Waals surface area (Å²) in [5.74, 6) is 0. The Kier molecular flexibility index (Phi) is 5.28. The van der Waals surface area contributed by atoms with Crippen LogP contribution in [0.25, 0.3) is 23.3 Å². The fourth-order valence-electron chi connectivity index (χ4n) is 4.72.